The quantitative estimate of drug-likeness (QED) is 0.339. The third-order valence-corrected chi connectivity index (χ3v) is 4.87. The molecule has 138 valence electrons. The topological polar surface area (TPSA) is 50.4 Å². The molecule has 0 radical (unpaired) electrons. The molecule has 0 heterocycles. The Kier molecular flexibility index (Phi) is 5.73. The van der Waals surface area contributed by atoms with Crippen molar-refractivity contribution in [1.82, 2.24) is 0 Å². The van der Waals surface area contributed by atoms with Crippen LogP contribution >= 0.6 is 24.0 Å². The number of aliphatic imine (C=N–C) groups is 1. The Morgan fingerprint density at radius 1 is 1.04 bits per heavy atom. The van der Waals surface area contributed by atoms with Crippen molar-refractivity contribution in [3.8, 4) is 0 Å². The summed E-state index contributed by atoms with van der Waals surface area (Å²) >= 11 is 5.94. The van der Waals surface area contributed by atoms with Gasteiger partial charge in [-0.1, -0.05) is 60.2 Å². The van der Waals surface area contributed by atoms with Gasteiger partial charge in [-0.15, -0.1) is 12.4 Å². The van der Waals surface area contributed by atoms with E-state index in [1.807, 2.05) is 24.3 Å². The highest BCUT2D eigenvalue weighted by atomic mass is 35.5. The molecule has 27 heavy (non-hydrogen) atoms. The zero-order valence-corrected chi connectivity index (χ0v) is 16.5. The number of anilines is 1. The van der Waals surface area contributed by atoms with Crippen LogP contribution in [0.5, 0.6) is 0 Å². The van der Waals surface area contributed by atoms with Crippen LogP contribution in [0, 0.1) is 0 Å². The molecule has 3 aromatic carbocycles. The molecular formula is C22H21Cl2N3. The summed E-state index contributed by atoms with van der Waals surface area (Å²) in [7, 11) is 0. The number of hydrogen-bond acceptors (Lipinski definition) is 1. The van der Waals surface area contributed by atoms with Crippen LogP contribution < -0.4 is 11.1 Å². The normalized spacial score (nSPS) is 13.5. The Morgan fingerprint density at radius 2 is 1.74 bits per heavy atom. The van der Waals surface area contributed by atoms with E-state index in [0.717, 1.165) is 22.5 Å². The van der Waals surface area contributed by atoms with Crippen molar-refractivity contribution in [2.75, 3.05) is 5.32 Å². The number of benzene rings is 3. The molecule has 0 spiro atoms. The van der Waals surface area contributed by atoms with Gasteiger partial charge in [0.1, 0.15) is 0 Å². The minimum atomic E-state index is 0. The number of nitrogens with two attached hydrogens (primary N) is 1. The van der Waals surface area contributed by atoms with Gasteiger partial charge in [0.15, 0.2) is 5.96 Å². The van der Waals surface area contributed by atoms with Crippen molar-refractivity contribution < 1.29 is 0 Å². The summed E-state index contributed by atoms with van der Waals surface area (Å²) in [5, 5.41) is 6.44. The number of hydrogen-bond donors (Lipinski definition) is 2. The van der Waals surface area contributed by atoms with Gasteiger partial charge >= 0.3 is 0 Å². The van der Waals surface area contributed by atoms with Gasteiger partial charge in [-0.05, 0) is 53.6 Å². The van der Waals surface area contributed by atoms with E-state index >= 15 is 0 Å². The maximum atomic E-state index is 6.17. The molecule has 0 saturated heterocycles. The Bertz CT molecular complexity index is 1010. The van der Waals surface area contributed by atoms with Gasteiger partial charge in [-0.25, -0.2) is 4.99 Å². The van der Waals surface area contributed by atoms with Crippen molar-refractivity contribution in [3.05, 3.63) is 76.3 Å². The summed E-state index contributed by atoms with van der Waals surface area (Å²) < 4.78 is 0. The predicted octanol–water partition coefficient (Wildman–Crippen LogP) is 5.76. The molecule has 0 fully saturated rings. The van der Waals surface area contributed by atoms with Crippen molar-refractivity contribution in [1.29, 1.82) is 0 Å². The van der Waals surface area contributed by atoms with E-state index < -0.39 is 0 Å². The van der Waals surface area contributed by atoms with Gasteiger partial charge in [0, 0.05) is 16.1 Å². The van der Waals surface area contributed by atoms with Crippen LogP contribution in [-0.2, 0) is 6.42 Å². The van der Waals surface area contributed by atoms with E-state index in [0.29, 0.717) is 5.96 Å². The van der Waals surface area contributed by atoms with Gasteiger partial charge in [0.2, 0.25) is 0 Å². The zero-order valence-electron chi connectivity index (χ0n) is 14.9. The number of halogens is 2. The standard InChI is InChI=1S/C22H20ClN3.ClH/c1-14(13-15-5-10-18(23)11-6-15)25-22(24)26-20-12-9-17-8-7-16-3-2-4-19(20)21(16)17;/h2-12,14H,13H2,1H3,(H3,24,25,26);1H. The van der Waals surface area contributed by atoms with Gasteiger partial charge < -0.3 is 11.1 Å². The zero-order chi connectivity index (χ0) is 18.1. The molecule has 3 aromatic rings. The first-order chi connectivity index (χ1) is 12.6. The lowest BCUT2D eigenvalue weighted by Gasteiger charge is -2.13. The molecule has 5 heteroatoms. The van der Waals surface area contributed by atoms with Gasteiger partial charge in [-0.2, -0.15) is 0 Å². The number of nitrogens with one attached hydrogen (secondary N) is 1. The monoisotopic (exact) mass is 397 g/mol. The van der Waals surface area contributed by atoms with Crippen LogP contribution in [0.1, 0.15) is 23.6 Å². The molecule has 0 aromatic heterocycles. The highest BCUT2D eigenvalue weighted by molar-refractivity contribution is 6.30. The van der Waals surface area contributed by atoms with E-state index in [2.05, 4.69) is 59.7 Å². The maximum absolute atomic E-state index is 6.17. The van der Waals surface area contributed by atoms with Crippen LogP contribution in [0.3, 0.4) is 0 Å². The molecule has 3 nitrogen and oxygen atoms in total. The molecule has 3 N–H and O–H groups in total. The molecule has 0 aliphatic heterocycles. The van der Waals surface area contributed by atoms with Crippen molar-refractivity contribution >= 4 is 58.6 Å². The smallest absolute Gasteiger partial charge is 0.193 e. The third kappa shape index (κ3) is 4.10. The fourth-order valence-electron chi connectivity index (χ4n) is 3.44. The molecule has 0 saturated carbocycles. The second-order valence-electron chi connectivity index (χ2n) is 6.62. The maximum Gasteiger partial charge on any atom is 0.193 e. The SMILES string of the molecule is CC(Cc1ccc(Cl)cc1)N=C(N)Nc1ccc2c3c(cccc13)C=C2.Cl. The van der Waals surface area contributed by atoms with E-state index in [-0.39, 0.29) is 18.4 Å². The largest absolute Gasteiger partial charge is 0.370 e. The van der Waals surface area contributed by atoms with E-state index in [1.54, 1.807) is 0 Å². The second-order valence-corrected chi connectivity index (χ2v) is 7.06. The summed E-state index contributed by atoms with van der Waals surface area (Å²) in [4.78, 5) is 4.59. The molecule has 4 rings (SSSR count). The first-order valence-electron chi connectivity index (χ1n) is 8.69. The fourth-order valence-corrected chi connectivity index (χ4v) is 3.57. The Morgan fingerprint density at radius 3 is 2.48 bits per heavy atom. The molecule has 0 amide bonds. The molecule has 1 unspecified atom stereocenters. The highest BCUT2D eigenvalue weighted by Crippen LogP contribution is 2.35. The first-order valence-corrected chi connectivity index (χ1v) is 9.06. The summed E-state index contributed by atoms with van der Waals surface area (Å²) in [5.41, 5.74) is 10.8. The number of rotatable bonds is 4. The number of nitrogens with zero attached hydrogens (tertiary/aromatic N) is 1. The van der Waals surface area contributed by atoms with Gasteiger partial charge in [0.05, 0.1) is 6.04 Å². The predicted molar refractivity (Wildman–Crippen MR) is 120 cm³/mol. The van der Waals surface area contributed by atoms with E-state index in [9.17, 15) is 0 Å². The fraction of sp³-hybridized carbons (Fsp3) is 0.136. The Hall–Kier alpha value is -2.49. The summed E-state index contributed by atoms with van der Waals surface area (Å²) in [6.07, 6.45) is 5.10. The van der Waals surface area contributed by atoms with Crippen LogP contribution in [0.15, 0.2) is 59.6 Å². The summed E-state index contributed by atoms with van der Waals surface area (Å²) in [5.74, 6) is 0.429. The molecule has 1 aliphatic carbocycles. The van der Waals surface area contributed by atoms with Crippen LogP contribution in [0.4, 0.5) is 5.69 Å². The van der Waals surface area contributed by atoms with E-state index in [1.165, 1.54) is 22.1 Å². The van der Waals surface area contributed by atoms with Crippen LogP contribution in [-0.4, -0.2) is 12.0 Å². The molecule has 1 aliphatic rings. The number of guanidine groups is 1. The van der Waals surface area contributed by atoms with Crippen LogP contribution in [0.2, 0.25) is 5.02 Å². The average Bonchev–Trinajstić information content (AvgIpc) is 3.04. The minimum absolute atomic E-state index is 0. The van der Waals surface area contributed by atoms with Crippen molar-refractivity contribution in [3.63, 3.8) is 0 Å². The lowest BCUT2D eigenvalue weighted by atomic mass is 10.0. The molecular weight excluding hydrogens is 377 g/mol. The molecule has 0 bridgehead atoms. The summed E-state index contributed by atoms with van der Waals surface area (Å²) in [6.45, 7) is 2.06. The van der Waals surface area contributed by atoms with Gasteiger partial charge in [-0.3, -0.25) is 0 Å². The average molecular weight is 398 g/mol. The van der Waals surface area contributed by atoms with Crippen molar-refractivity contribution in [2.45, 2.75) is 19.4 Å². The van der Waals surface area contributed by atoms with Crippen LogP contribution in [0.25, 0.3) is 22.9 Å². The lowest BCUT2D eigenvalue weighted by molar-refractivity contribution is 0.739. The highest BCUT2D eigenvalue weighted by Gasteiger charge is 2.12. The Labute approximate surface area is 170 Å². The van der Waals surface area contributed by atoms with Crippen molar-refractivity contribution in [2.24, 2.45) is 10.7 Å². The third-order valence-electron chi connectivity index (χ3n) is 4.61. The Balaban J connectivity index is 0.00000210. The summed E-state index contributed by atoms with van der Waals surface area (Å²) in [6, 6.07) is 18.4. The lowest BCUT2D eigenvalue weighted by Crippen LogP contribution is -2.25. The second kappa shape index (κ2) is 8.03. The first kappa shape index (κ1) is 19.3. The van der Waals surface area contributed by atoms with E-state index in [4.69, 9.17) is 17.3 Å². The van der Waals surface area contributed by atoms with Gasteiger partial charge in [0.25, 0.3) is 0 Å². The minimum Gasteiger partial charge on any atom is -0.370 e. The molecule has 1 atom stereocenters.